The van der Waals surface area contributed by atoms with Crippen molar-refractivity contribution < 1.29 is 9.53 Å². The zero-order chi connectivity index (χ0) is 9.26. The second kappa shape index (κ2) is 4.99. The van der Waals surface area contributed by atoms with E-state index in [1.165, 1.54) is 25.7 Å². The highest BCUT2D eigenvalue weighted by Gasteiger charge is 2.39. The van der Waals surface area contributed by atoms with Gasteiger partial charge in [0.05, 0.1) is 6.61 Å². The summed E-state index contributed by atoms with van der Waals surface area (Å²) in [5.41, 5.74) is 0. The van der Waals surface area contributed by atoms with Crippen LogP contribution < -0.4 is 5.32 Å². The minimum Gasteiger partial charge on any atom is -0.465 e. The molecule has 0 aromatic rings. The van der Waals surface area contributed by atoms with Crippen LogP contribution in [0.1, 0.15) is 32.6 Å². The number of fused-ring (bicyclic) bond motifs is 3. The molecule has 1 saturated carbocycles. The average molecular weight is 220 g/mol. The Morgan fingerprint density at radius 2 is 2.00 bits per heavy atom. The molecule has 4 heteroatoms. The number of esters is 1. The highest BCUT2D eigenvalue weighted by atomic mass is 35.5. The summed E-state index contributed by atoms with van der Waals surface area (Å²) >= 11 is 0. The van der Waals surface area contributed by atoms with Crippen LogP contribution in [0.5, 0.6) is 0 Å². The molecule has 3 nitrogen and oxygen atoms in total. The van der Waals surface area contributed by atoms with E-state index in [-0.39, 0.29) is 24.4 Å². The van der Waals surface area contributed by atoms with E-state index in [1.807, 2.05) is 6.92 Å². The van der Waals surface area contributed by atoms with Crippen LogP contribution in [0.4, 0.5) is 0 Å². The van der Waals surface area contributed by atoms with Gasteiger partial charge in [-0.3, -0.25) is 4.79 Å². The van der Waals surface area contributed by atoms with Gasteiger partial charge < -0.3 is 10.1 Å². The molecule has 2 saturated heterocycles. The van der Waals surface area contributed by atoms with Gasteiger partial charge in [-0.2, -0.15) is 0 Å². The fraction of sp³-hybridized carbons (Fsp3) is 0.900. The first-order valence-corrected chi connectivity index (χ1v) is 5.24. The minimum absolute atomic E-state index is 0. The number of nitrogens with one attached hydrogen (secondary N) is 1. The Labute approximate surface area is 91.0 Å². The zero-order valence-corrected chi connectivity index (χ0v) is 9.31. The Bertz CT molecular complexity index is 202. The number of halogens is 1. The molecule has 2 heterocycles. The van der Waals surface area contributed by atoms with Crippen LogP contribution in [-0.4, -0.2) is 24.7 Å². The zero-order valence-electron chi connectivity index (χ0n) is 8.49. The lowest BCUT2D eigenvalue weighted by atomic mass is 9.76. The summed E-state index contributed by atoms with van der Waals surface area (Å²) in [6.07, 6.45) is 4.86. The summed E-state index contributed by atoms with van der Waals surface area (Å²) < 4.78 is 5.03. The van der Waals surface area contributed by atoms with Crippen molar-refractivity contribution in [3.05, 3.63) is 0 Å². The van der Waals surface area contributed by atoms with Crippen molar-refractivity contribution in [1.82, 2.24) is 5.32 Å². The van der Waals surface area contributed by atoms with E-state index in [4.69, 9.17) is 4.74 Å². The van der Waals surface area contributed by atoms with E-state index >= 15 is 0 Å². The van der Waals surface area contributed by atoms with Crippen molar-refractivity contribution in [3.63, 3.8) is 0 Å². The maximum Gasteiger partial charge on any atom is 0.323 e. The number of rotatable bonds is 2. The maximum atomic E-state index is 11.5. The molecule has 0 aromatic carbocycles. The summed E-state index contributed by atoms with van der Waals surface area (Å²) in [4.78, 5) is 11.5. The lowest BCUT2D eigenvalue weighted by Crippen LogP contribution is -2.56. The van der Waals surface area contributed by atoms with Crippen molar-refractivity contribution in [2.75, 3.05) is 6.61 Å². The largest absolute Gasteiger partial charge is 0.465 e. The molecule has 0 amide bonds. The molecule has 3 rings (SSSR count). The fourth-order valence-electron chi connectivity index (χ4n) is 2.50. The summed E-state index contributed by atoms with van der Waals surface area (Å²) in [5.74, 6) is 0.487. The van der Waals surface area contributed by atoms with Gasteiger partial charge >= 0.3 is 5.97 Å². The van der Waals surface area contributed by atoms with E-state index in [9.17, 15) is 4.79 Å². The second-order valence-electron chi connectivity index (χ2n) is 4.01. The van der Waals surface area contributed by atoms with Gasteiger partial charge in [0, 0.05) is 6.04 Å². The number of hydrogen-bond donors (Lipinski definition) is 1. The Morgan fingerprint density at radius 1 is 1.36 bits per heavy atom. The van der Waals surface area contributed by atoms with Crippen LogP contribution in [0.3, 0.4) is 0 Å². The first kappa shape index (κ1) is 11.8. The highest BCUT2D eigenvalue weighted by molar-refractivity contribution is 5.85. The Hall–Kier alpha value is -0.280. The number of piperidine rings is 2. The normalized spacial score (nSPS) is 34.8. The maximum absolute atomic E-state index is 11.5. The molecule has 2 bridgehead atoms. The molecule has 1 aliphatic carbocycles. The molecule has 3 fully saturated rings. The molecule has 1 N–H and O–H groups in total. The van der Waals surface area contributed by atoms with Crippen molar-refractivity contribution in [2.45, 2.75) is 44.7 Å². The molecule has 3 aliphatic rings. The van der Waals surface area contributed by atoms with Crippen molar-refractivity contribution in [3.8, 4) is 0 Å². The lowest BCUT2D eigenvalue weighted by Gasteiger charge is -2.42. The lowest BCUT2D eigenvalue weighted by molar-refractivity contribution is -0.149. The van der Waals surface area contributed by atoms with Gasteiger partial charge in [0.15, 0.2) is 0 Å². The molecule has 0 spiro atoms. The quantitative estimate of drug-likeness (QED) is 0.716. The molecular formula is C10H18ClNO2. The van der Waals surface area contributed by atoms with Crippen molar-refractivity contribution in [2.24, 2.45) is 5.92 Å². The predicted octanol–water partition coefficient (Wildman–Crippen LogP) is 1.50. The van der Waals surface area contributed by atoms with E-state index in [0.29, 0.717) is 18.6 Å². The molecule has 14 heavy (non-hydrogen) atoms. The van der Waals surface area contributed by atoms with Crippen LogP contribution in [0.2, 0.25) is 0 Å². The third-order valence-electron chi connectivity index (χ3n) is 3.20. The van der Waals surface area contributed by atoms with Gasteiger partial charge in [-0.05, 0) is 38.5 Å². The number of carbonyl (C=O) groups is 1. The first-order valence-electron chi connectivity index (χ1n) is 5.24. The van der Waals surface area contributed by atoms with Gasteiger partial charge in [-0.1, -0.05) is 0 Å². The van der Waals surface area contributed by atoms with Crippen LogP contribution in [0.25, 0.3) is 0 Å². The van der Waals surface area contributed by atoms with Gasteiger partial charge in [-0.25, -0.2) is 0 Å². The van der Waals surface area contributed by atoms with E-state index in [2.05, 4.69) is 5.32 Å². The molecular weight excluding hydrogens is 202 g/mol. The van der Waals surface area contributed by atoms with Crippen molar-refractivity contribution in [1.29, 1.82) is 0 Å². The summed E-state index contributed by atoms with van der Waals surface area (Å²) in [6, 6.07) is 0.562. The number of carbonyl (C=O) groups excluding carboxylic acids is 1. The molecule has 0 unspecified atom stereocenters. The van der Waals surface area contributed by atoms with E-state index < -0.39 is 0 Å². The highest BCUT2D eigenvalue weighted by Crippen LogP contribution is 2.33. The van der Waals surface area contributed by atoms with Gasteiger partial charge in [0.1, 0.15) is 6.04 Å². The summed E-state index contributed by atoms with van der Waals surface area (Å²) in [5, 5.41) is 3.36. The summed E-state index contributed by atoms with van der Waals surface area (Å²) in [6.45, 7) is 2.35. The topological polar surface area (TPSA) is 38.3 Å². The van der Waals surface area contributed by atoms with Gasteiger partial charge in [0.2, 0.25) is 0 Å². The van der Waals surface area contributed by atoms with Crippen LogP contribution in [0, 0.1) is 5.92 Å². The van der Waals surface area contributed by atoms with Crippen molar-refractivity contribution >= 4 is 18.4 Å². The second-order valence-corrected chi connectivity index (χ2v) is 4.01. The summed E-state index contributed by atoms with van der Waals surface area (Å²) in [7, 11) is 0. The first-order chi connectivity index (χ1) is 6.31. The third-order valence-corrected chi connectivity index (χ3v) is 3.20. The molecule has 0 radical (unpaired) electrons. The van der Waals surface area contributed by atoms with Crippen LogP contribution >= 0.6 is 12.4 Å². The van der Waals surface area contributed by atoms with E-state index in [1.54, 1.807) is 0 Å². The van der Waals surface area contributed by atoms with E-state index in [0.717, 1.165) is 0 Å². The Balaban J connectivity index is 0.000000980. The third kappa shape index (κ3) is 2.20. The average Bonchev–Trinajstić information content (AvgIpc) is 2.20. The van der Waals surface area contributed by atoms with Gasteiger partial charge in [0.25, 0.3) is 0 Å². The smallest absolute Gasteiger partial charge is 0.323 e. The monoisotopic (exact) mass is 219 g/mol. The SMILES string of the molecule is CCOC(=O)[C@H]1NC2CCC1CC2.Cl. The molecule has 0 aromatic heterocycles. The Kier molecular flexibility index (Phi) is 4.20. The van der Waals surface area contributed by atoms with Gasteiger partial charge in [-0.15, -0.1) is 12.4 Å². The molecule has 82 valence electrons. The van der Waals surface area contributed by atoms with Crippen LogP contribution in [0.15, 0.2) is 0 Å². The standard InChI is InChI=1S/C10H17NO2.ClH/c1-2-13-10(12)9-7-3-5-8(11-9)6-4-7;/h7-9,11H,2-6H2,1H3;1H/t7?,8?,9-;/m0./s1. The fourth-order valence-corrected chi connectivity index (χ4v) is 2.50. The molecule has 2 aliphatic heterocycles. The Morgan fingerprint density at radius 3 is 2.43 bits per heavy atom. The molecule has 1 atom stereocenters. The predicted molar refractivity (Wildman–Crippen MR) is 56.6 cm³/mol. The minimum atomic E-state index is -0.0445. The number of ether oxygens (including phenoxy) is 1. The number of hydrogen-bond acceptors (Lipinski definition) is 3. The van der Waals surface area contributed by atoms with Crippen LogP contribution in [-0.2, 0) is 9.53 Å².